The van der Waals surface area contributed by atoms with E-state index in [2.05, 4.69) is 29.4 Å². The largest absolute Gasteiger partial charge is 0.344 e. The van der Waals surface area contributed by atoms with E-state index >= 15 is 0 Å². The summed E-state index contributed by atoms with van der Waals surface area (Å²) in [5.74, 6) is 0. The standard InChI is InChI=1S/C15H10ClNO/c16-15-10-14(17-18-15)13-8-6-12(7-9-13)11-4-2-1-3-5-11/h1-10H. The minimum absolute atomic E-state index is 0.303. The van der Waals surface area contributed by atoms with Crippen LogP contribution in [0.2, 0.25) is 5.22 Å². The summed E-state index contributed by atoms with van der Waals surface area (Å²) >= 11 is 5.71. The van der Waals surface area contributed by atoms with Crippen molar-refractivity contribution in [3.8, 4) is 22.4 Å². The normalized spacial score (nSPS) is 10.5. The summed E-state index contributed by atoms with van der Waals surface area (Å²) in [5, 5.41) is 4.18. The van der Waals surface area contributed by atoms with Crippen molar-refractivity contribution in [1.29, 1.82) is 0 Å². The van der Waals surface area contributed by atoms with E-state index in [0.29, 0.717) is 5.22 Å². The van der Waals surface area contributed by atoms with Crippen molar-refractivity contribution in [2.24, 2.45) is 0 Å². The molecule has 3 heteroatoms. The Kier molecular flexibility index (Phi) is 2.87. The maximum Gasteiger partial charge on any atom is 0.226 e. The van der Waals surface area contributed by atoms with Crippen LogP contribution in [0.1, 0.15) is 0 Å². The Balaban J connectivity index is 1.94. The summed E-state index contributed by atoms with van der Waals surface area (Å²) in [6.45, 7) is 0. The van der Waals surface area contributed by atoms with Gasteiger partial charge in [0.05, 0.1) is 0 Å². The van der Waals surface area contributed by atoms with Crippen molar-refractivity contribution in [3.05, 3.63) is 65.9 Å². The number of hydrogen-bond donors (Lipinski definition) is 0. The molecule has 1 heterocycles. The van der Waals surface area contributed by atoms with Crippen LogP contribution in [-0.2, 0) is 0 Å². The van der Waals surface area contributed by atoms with Crippen molar-refractivity contribution < 1.29 is 4.52 Å². The molecule has 0 spiro atoms. The van der Waals surface area contributed by atoms with Crippen molar-refractivity contribution >= 4 is 11.6 Å². The van der Waals surface area contributed by atoms with Gasteiger partial charge in [-0.15, -0.1) is 0 Å². The predicted molar refractivity (Wildman–Crippen MR) is 72.4 cm³/mol. The van der Waals surface area contributed by atoms with Gasteiger partial charge in [0.25, 0.3) is 0 Å². The predicted octanol–water partition coefficient (Wildman–Crippen LogP) is 4.66. The Morgan fingerprint density at radius 2 is 1.39 bits per heavy atom. The molecule has 18 heavy (non-hydrogen) atoms. The van der Waals surface area contributed by atoms with Gasteiger partial charge in [0.1, 0.15) is 5.69 Å². The van der Waals surface area contributed by atoms with Gasteiger partial charge < -0.3 is 4.52 Å². The topological polar surface area (TPSA) is 26.0 Å². The van der Waals surface area contributed by atoms with Crippen LogP contribution in [0.15, 0.2) is 65.2 Å². The third-order valence-electron chi connectivity index (χ3n) is 2.77. The monoisotopic (exact) mass is 255 g/mol. The minimum Gasteiger partial charge on any atom is -0.344 e. The summed E-state index contributed by atoms with van der Waals surface area (Å²) in [7, 11) is 0. The quantitative estimate of drug-likeness (QED) is 0.665. The molecule has 0 fully saturated rings. The molecule has 3 aromatic rings. The molecule has 0 atom stereocenters. The molecular weight excluding hydrogens is 246 g/mol. The van der Waals surface area contributed by atoms with Crippen LogP contribution in [0.3, 0.4) is 0 Å². The van der Waals surface area contributed by atoms with Crippen molar-refractivity contribution in [2.75, 3.05) is 0 Å². The molecule has 0 unspecified atom stereocenters. The molecule has 0 aliphatic carbocycles. The molecule has 0 saturated carbocycles. The number of nitrogens with zero attached hydrogens (tertiary/aromatic N) is 1. The highest BCUT2D eigenvalue weighted by molar-refractivity contribution is 6.29. The van der Waals surface area contributed by atoms with E-state index in [1.165, 1.54) is 11.1 Å². The second-order valence-electron chi connectivity index (χ2n) is 3.96. The molecular formula is C15H10ClNO. The molecule has 0 amide bonds. The zero-order chi connectivity index (χ0) is 12.4. The Hall–Kier alpha value is -2.06. The molecule has 2 nitrogen and oxygen atoms in total. The van der Waals surface area contributed by atoms with Crippen LogP contribution in [-0.4, -0.2) is 5.16 Å². The zero-order valence-corrected chi connectivity index (χ0v) is 10.3. The number of halogens is 1. The van der Waals surface area contributed by atoms with Crippen LogP contribution in [0.5, 0.6) is 0 Å². The van der Waals surface area contributed by atoms with E-state index in [-0.39, 0.29) is 0 Å². The zero-order valence-electron chi connectivity index (χ0n) is 9.51. The minimum atomic E-state index is 0.303. The van der Waals surface area contributed by atoms with E-state index in [1.807, 2.05) is 30.3 Å². The van der Waals surface area contributed by atoms with Gasteiger partial charge in [0, 0.05) is 11.6 Å². The summed E-state index contributed by atoms with van der Waals surface area (Å²) < 4.78 is 4.85. The SMILES string of the molecule is Clc1cc(-c2ccc(-c3ccccc3)cc2)no1. The summed E-state index contributed by atoms with van der Waals surface area (Å²) in [6, 6.07) is 20.1. The molecule has 88 valence electrons. The molecule has 3 rings (SSSR count). The average Bonchev–Trinajstić information content (AvgIpc) is 2.87. The van der Waals surface area contributed by atoms with Crippen LogP contribution in [0.4, 0.5) is 0 Å². The van der Waals surface area contributed by atoms with Gasteiger partial charge in [-0.3, -0.25) is 0 Å². The van der Waals surface area contributed by atoms with E-state index in [9.17, 15) is 0 Å². The third kappa shape index (κ3) is 2.15. The van der Waals surface area contributed by atoms with Crippen LogP contribution >= 0.6 is 11.6 Å². The van der Waals surface area contributed by atoms with E-state index < -0.39 is 0 Å². The van der Waals surface area contributed by atoms with Gasteiger partial charge in [-0.05, 0) is 22.7 Å². The van der Waals surface area contributed by atoms with Gasteiger partial charge >= 0.3 is 0 Å². The van der Waals surface area contributed by atoms with E-state index in [4.69, 9.17) is 16.1 Å². The number of rotatable bonds is 2. The Bertz CT molecular complexity index is 644. The van der Waals surface area contributed by atoms with Gasteiger partial charge in [-0.25, -0.2) is 0 Å². The second kappa shape index (κ2) is 4.67. The maximum absolute atomic E-state index is 5.71. The first-order valence-corrected chi connectivity index (χ1v) is 5.99. The molecule has 2 aromatic carbocycles. The fraction of sp³-hybridized carbons (Fsp3) is 0. The van der Waals surface area contributed by atoms with Gasteiger partial charge in [-0.2, -0.15) is 0 Å². The molecule has 0 bridgehead atoms. The number of benzene rings is 2. The highest BCUT2D eigenvalue weighted by Crippen LogP contribution is 2.25. The summed E-state index contributed by atoms with van der Waals surface area (Å²) in [6.07, 6.45) is 0. The first-order chi connectivity index (χ1) is 8.83. The lowest BCUT2D eigenvalue weighted by Gasteiger charge is -2.02. The molecule has 0 radical (unpaired) electrons. The van der Waals surface area contributed by atoms with Crippen LogP contribution in [0, 0.1) is 0 Å². The van der Waals surface area contributed by atoms with Crippen LogP contribution in [0.25, 0.3) is 22.4 Å². The molecule has 0 N–H and O–H groups in total. The molecule has 0 saturated heterocycles. The van der Waals surface area contributed by atoms with Gasteiger partial charge in [0.2, 0.25) is 5.22 Å². The summed E-state index contributed by atoms with van der Waals surface area (Å²) in [4.78, 5) is 0. The number of hydrogen-bond acceptors (Lipinski definition) is 2. The Morgan fingerprint density at radius 1 is 0.778 bits per heavy atom. The Labute approximate surface area is 110 Å². The van der Waals surface area contributed by atoms with Gasteiger partial charge in [0.15, 0.2) is 0 Å². The first-order valence-electron chi connectivity index (χ1n) is 5.61. The second-order valence-corrected chi connectivity index (χ2v) is 4.33. The lowest BCUT2D eigenvalue weighted by Crippen LogP contribution is -1.79. The fourth-order valence-corrected chi connectivity index (χ4v) is 1.99. The lowest BCUT2D eigenvalue weighted by molar-refractivity contribution is 0.424. The highest BCUT2D eigenvalue weighted by atomic mass is 35.5. The molecule has 0 aliphatic heterocycles. The number of aromatic nitrogens is 1. The first kappa shape index (κ1) is 11.1. The van der Waals surface area contributed by atoms with Crippen molar-refractivity contribution in [1.82, 2.24) is 5.16 Å². The van der Waals surface area contributed by atoms with E-state index in [1.54, 1.807) is 6.07 Å². The van der Waals surface area contributed by atoms with Crippen LogP contribution < -0.4 is 0 Å². The third-order valence-corrected chi connectivity index (χ3v) is 2.95. The lowest BCUT2D eigenvalue weighted by atomic mass is 10.0. The highest BCUT2D eigenvalue weighted by Gasteiger charge is 2.04. The molecule has 0 aliphatic rings. The maximum atomic E-state index is 5.71. The fourth-order valence-electron chi connectivity index (χ4n) is 1.85. The van der Waals surface area contributed by atoms with Gasteiger partial charge in [-0.1, -0.05) is 59.8 Å². The van der Waals surface area contributed by atoms with Crippen molar-refractivity contribution in [2.45, 2.75) is 0 Å². The average molecular weight is 256 g/mol. The van der Waals surface area contributed by atoms with E-state index in [0.717, 1.165) is 11.3 Å². The summed E-state index contributed by atoms with van der Waals surface area (Å²) in [5.41, 5.74) is 4.11. The smallest absolute Gasteiger partial charge is 0.226 e. The molecule has 1 aromatic heterocycles. The van der Waals surface area contributed by atoms with Crippen molar-refractivity contribution in [3.63, 3.8) is 0 Å². The Morgan fingerprint density at radius 3 is 2.00 bits per heavy atom.